The minimum absolute atomic E-state index is 0.00965. The molecule has 5 nitrogen and oxygen atoms in total. The molecule has 1 aromatic heterocycles. The van der Waals surface area contributed by atoms with Crippen molar-refractivity contribution in [3.63, 3.8) is 0 Å². The molecule has 1 heterocycles. The van der Waals surface area contributed by atoms with Crippen molar-refractivity contribution in [1.82, 2.24) is 14.9 Å². The van der Waals surface area contributed by atoms with E-state index in [0.717, 1.165) is 35.5 Å². The average molecular weight is 389 g/mol. The highest BCUT2D eigenvalue weighted by Gasteiger charge is 2.21. The number of imidazole rings is 1. The lowest BCUT2D eigenvalue weighted by atomic mass is 9.90. The number of carbonyl (C=O) groups excluding carboxylic acids is 1. The molecule has 0 saturated carbocycles. The first kappa shape index (κ1) is 19.2. The number of amides is 1. The van der Waals surface area contributed by atoms with Gasteiger partial charge in [-0.3, -0.25) is 4.79 Å². The van der Waals surface area contributed by atoms with Crippen LogP contribution < -0.4 is 10.1 Å². The summed E-state index contributed by atoms with van der Waals surface area (Å²) in [5, 5.41) is 3.18. The van der Waals surface area contributed by atoms with Gasteiger partial charge < -0.3 is 14.6 Å². The maximum Gasteiger partial charge on any atom is 0.225 e. The van der Waals surface area contributed by atoms with Gasteiger partial charge in [0.05, 0.1) is 13.5 Å². The van der Waals surface area contributed by atoms with E-state index in [4.69, 9.17) is 4.74 Å². The van der Waals surface area contributed by atoms with Crippen molar-refractivity contribution in [1.29, 1.82) is 0 Å². The number of methoxy groups -OCH3 is 1. The van der Waals surface area contributed by atoms with Gasteiger partial charge in [-0.25, -0.2) is 4.98 Å². The van der Waals surface area contributed by atoms with E-state index in [-0.39, 0.29) is 11.9 Å². The van der Waals surface area contributed by atoms with Crippen LogP contribution in [0, 0.1) is 0 Å². The highest BCUT2D eigenvalue weighted by Crippen LogP contribution is 2.24. The second-order valence-electron chi connectivity index (χ2n) is 7.66. The number of rotatable bonds is 6. The third kappa shape index (κ3) is 4.34. The quantitative estimate of drug-likeness (QED) is 0.698. The van der Waals surface area contributed by atoms with Crippen LogP contribution >= 0.6 is 0 Å². The van der Waals surface area contributed by atoms with Crippen molar-refractivity contribution in [2.75, 3.05) is 7.11 Å². The van der Waals surface area contributed by atoms with E-state index in [9.17, 15) is 4.79 Å². The standard InChI is InChI=1S/C24H27N3O2/c1-27-14-13-25-24(27)23(19-9-11-21(29-2)12-10-19)26-22(28)16-17-7-8-18-5-3-4-6-20(18)15-17/h7-15,23H,3-6,16H2,1-2H3,(H,26,28). The van der Waals surface area contributed by atoms with Crippen molar-refractivity contribution in [3.8, 4) is 5.75 Å². The van der Waals surface area contributed by atoms with Crippen LogP contribution in [0.25, 0.3) is 0 Å². The molecule has 1 unspecified atom stereocenters. The molecule has 0 radical (unpaired) electrons. The van der Waals surface area contributed by atoms with Crippen molar-refractivity contribution >= 4 is 5.91 Å². The summed E-state index contributed by atoms with van der Waals surface area (Å²) in [6, 6.07) is 13.9. The van der Waals surface area contributed by atoms with Gasteiger partial charge in [-0.05, 0) is 60.1 Å². The van der Waals surface area contributed by atoms with E-state index < -0.39 is 0 Å². The average Bonchev–Trinajstić information content (AvgIpc) is 3.17. The van der Waals surface area contributed by atoms with E-state index in [1.165, 1.54) is 24.0 Å². The molecular formula is C24H27N3O2. The Morgan fingerprint density at radius 1 is 1.14 bits per heavy atom. The number of benzene rings is 2. The highest BCUT2D eigenvalue weighted by atomic mass is 16.5. The van der Waals surface area contributed by atoms with Gasteiger partial charge in [-0.1, -0.05) is 30.3 Å². The van der Waals surface area contributed by atoms with Gasteiger partial charge in [0.15, 0.2) is 0 Å². The van der Waals surface area contributed by atoms with Gasteiger partial charge in [0.2, 0.25) is 5.91 Å². The monoisotopic (exact) mass is 389 g/mol. The van der Waals surface area contributed by atoms with Crippen LogP contribution in [0.1, 0.15) is 47.0 Å². The summed E-state index contributed by atoms with van der Waals surface area (Å²) in [6.45, 7) is 0. The van der Waals surface area contributed by atoms with Gasteiger partial charge >= 0.3 is 0 Å². The Bertz CT molecular complexity index is 992. The largest absolute Gasteiger partial charge is 0.497 e. The summed E-state index contributed by atoms with van der Waals surface area (Å²) < 4.78 is 7.20. The lowest BCUT2D eigenvalue weighted by Gasteiger charge is -2.20. The summed E-state index contributed by atoms with van der Waals surface area (Å²) in [4.78, 5) is 17.4. The van der Waals surface area contributed by atoms with Crippen LogP contribution in [0.2, 0.25) is 0 Å². The molecule has 2 aromatic carbocycles. The molecule has 1 N–H and O–H groups in total. The zero-order chi connectivity index (χ0) is 20.2. The molecule has 0 bridgehead atoms. The molecule has 150 valence electrons. The third-order valence-electron chi connectivity index (χ3n) is 5.65. The number of hydrogen-bond donors (Lipinski definition) is 1. The Hall–Kier alpha value is -3.08. The summed E-state index contributed by atoms with van der Waals surface area (Å²) in [5.74, 6) is 1.58. The number of carbonyl (C=O) groups is 1. The molecule has 1 amide bonds. The van der Waals surface area contributed by atoms with Crippen molar-refractivity contribution in [2.24, 2.45) is 7.05 Å². The van der Waals surface area contributed by atoms with E-state index in [1.807, 2.05) is 42.1 Å². The minimum atomic E-state index is -0.314. The van der Waals surface area contributed by atoms with Gasteiger partial charge in [-0.2, -0.15) is 0 Å². The van der Waals surface area contributed by atoms with Gasteiger partial charge in [-0.15, -0.1) is 0 Å². The summed E-state index contributed by atoms with van der Waals surface area (Å²) in [5.41, 5.74) is 4.87. The fourth-order valence-corrected chi connectivity index (χ4v) is 4.04. The smallest absolute Gasteiger partial charge is 0.225 e. The third-order valence-corrected chi connectivity index (χ3v) is 5.65. The van der Waals surface area contributed by atoms with Crippen LogP contribution in [0.4, 0.5) is 0 Å². The Labute approximate surface area is 171 Å². The maximum atomic E-state index is 12.9. The van der Waals surface area contributed by atoms with Crippen molar-refractivity contribution < 1.29 is 9.53 Å². The van der Waals surface area contributed by atoms with Crippen molar-refractivity contribution in [2.45, 2.75) is 38.1 Å². The lowest BCUT2D eigenvalue weighted by Crippen LogP contribution is -2.32. The summed E-state index contributed by atoms with van der Waals surface area (Å²) in [7, 11) is 3.58. The fraction of sp³-hybridized carbons (Fsp3) is 0.333. The van der Waals surface area contributed by atoms with Crippen LogP contribution in [0.5, 0.6) is 5.75 Å². The summed E-state index contributed by atoms with van der Waals surface area (Å²) >= 11 is 0. The summed E-state index contributed by atoms with van der Waals surface area (Å²) in [6.07, 6.45) is 8.78. The first-order valence-electron chi connectivity index (χ1n) is 10.2. The number of ether oxygens (including phenoxy) is 1. The predicted molar refractivity (Wildman–Crippen MR) is 113 cm³/mol. The molecule has 1 aliphatic rings. The number of aryl methyl sites for hydroxylation is 3. The van der Waals surface area contributed by atoms with E-state index >= 15 is 0 Å². The van der Waals surface area contributed by atoms with E-state index in [2.05, 4.69) is 28.5 Å². The molecule has 0 fully saturated rings. The normalized spacial score (nSPS) is 14.1. The minimum Gasteiger partial charge on any atom is -0.497 e. The topological polar surface area (TPSA) is 56.1 Å². The molecular weight excluding hydrogens is 362 g/mol. The first-order valence-corrected chi connectivity index (χ1v) is 10.2. The van der Waals surface area contributed by atoms with Crippen molar-refractivity contribution in [3.05, 3.63) is 82.9 Å². The maximum absolute atomic E-state index is 12.9. The van der Waals surface area contributed by atoms with Crippen LogP contribution in [-0.2, 0) is 31.1 Å². The highest BCUT2D eigenvalue weighted by molar-refractivity contribution is 5.79. The fourth-order valence-electron chi connectivity index (χ4n) is 4.04. The Morgan fingerprint density at radius 3 is 2.59 bits per heavy atom. The van der Waals surface area contributed by atoms with Gasteiger partial charge in [0, 0.05) is 19.4 Å². The molecule has 1 aliphatic carbocycles. The Morgan fingerprint density at radius 2 is 1.90 bits per heavy atom. The Kier molecular flexibility index (Phi) is 5.65. The van der Waals surface area contributed by atoms with Gasteiger partial charge in [0.25, 0.3) is 0 Å². The predicted octanol–water partition coefficient (Wildman–Crippen LogP) is 3.76. The molecule has 0 spiro atoms. The second kappa shape index (κ2) is 8.52. The molecule has 29 heavy (non-hydrogen) atoms. The molecule has 0 saturated heterocycles. The second-order valence-corrected chi connectivity index (χ2v) is 7.66. The zero-order valence-electron chi connectivity index (χ0n) is 17.0. The van der Waals surface area contributed by atoms with Crippen LogP contribution in [-0.4, -0.2) is 22.6 Å². The molecule has 3 aromatic rings. The molecule has 4 rings (SSSR count). The zero-order valence-corrected chi connectivity index (χ0v) is 17.0. The lowest BCUT2D eigenvalue weighted by molar-refractivity contribution is -0.121. The first-order chi connectivity index (χ1) is 14.1. The number of aromatic nitrogens is 2. The molecule has 0 aliphatic heterocycles. The van der Waals surface area contributed by atoms with Crippen LogP contribution in [0.3, 0.4) is 0 Å². The molecule has 1 atom stereocenters. The Balaban J connectivity index is 1.54. The van der Waals surface area contributed by atoms with E-state index in [0.29, 0.717) is 6.42 Å². The number of nitrogens with one attached hydrogen (secondary N) is 1. The SMILES string of the molecule is COc1ccc(C(NC(=O)Cc2ccc3c(c2)CCCC3)c2nccn2C)cc1. The molecule has 5 heteroatoms. The number of fused-ring (bicyclic) bond motifs is 1. The number of nitrogens with zero attached hydrogens (tertiary/aromatic N) is 2. The van der Waals surface area contributed by atoms with E-state index in [1.54, 1.807) is 13.3 Å². The number of hydrogen-bond acceptors (Lipinski definition) is 3. The van der Waals surface area contributed by atoms with Gasteiger partial charge in [0.1, 0.15) is 17.6 Å². The van der Waals surface area contributed by atoms with Crippen LogP contribution in [0.15, 0.2) is 54.9 Å².